The van der Waals surface area contributed by atoms with Crippen LogP contribution in [0.25, 0.3) is 0 Å². The van der Waals surface area contributed by atoms with Gasteiger partial charge in [-0.25, -0.2) is 4.98 Å². The summed E-state index contributed by atoms with van der Waals surface area (Å²) in [5.74, 6) is 0. The van der Waals surface area contributed by atoms with Gasteiger partial charge in [-0.05, 0) is 11.0 Å². The Hall–Kier alpha value is -1.99. The minimum absolute atomic E-state index is 0.0481. The summed E-state index contributed by atoms with van der Waals surface area (Å²) in [6, 6.07) is 21.3. The molecule has 0 spiro atoms. The number of rotatable bonds is 5. The maximum atomic E-state index is 9.54. The second kappa shape index (κ2) is 7.36. The molecule has 1 aliphatic rings. The lowest BCUT2D eigenvalue weighted by atomic mass is 9.50. The van der Waals surface area contributed by atoms with E-state index >= 15 is 0 Å². The van der Waals surface area contributed by atoms with Crippen molar-refractivity contribution >= 4 is 27.0 Å². The fourth-order valence-electron chi connectivity index (χ4n) is 4.95. The number of thiazole rings is 1. The largest absolute Gasteiger partial charge is 0.402 e. The second-order valence-corrected chi connectivity index (χ2v) is 9.85. The van der Waals surface area contributed by atoms with Crippen molar-refractivity contribution in [2.45, 2.75) is 38.5 Å². The molecule has 1 fully saturated rings. The smallest absolute Gasteiger partial charge is 0.188 e. The average Bonchev–Trinajstić information content (AvgIpc) is 3.17. The molecule has 4 rings (SSSR count). The van der Waals surface area contributed by atoms with Crippen molar-refractivity contribution in [3.05, 3.63) is 82.9 Å². The highest BCUT2D eigenvalue weighted by molar-refractivity contribution is 7.13. The zero-order chi connectivity index (χ0) is 20.7. The Kier molecular flexibility index (Phi) is 5.15. The van der Waals surface area contributed by atoms with Crippen LogP contribution < -0.4 is 4.90 Å². The number of nitrogens with zero attached hydrogens (tertiary/aromatic N) is 2. The van der Waals surface area contributed by atoms with Gasteiger partial charge in [0, 0.05) is 17.5 Å². The van der Waals surface area contributed by atoms with Gasteiger partial charge in [-0.15, -0.1) is 11.3 Å². The summed E-state index contributed by atoms with van der Waals surface area (Å²) >= 11 is 1.57. The predicted octanol–water partition coefficient (Wildman–Crippen LogP) is 3.59. The Labute approximate surface area is 179 Å². The molecule has 2 aromatic carbocycles. The lowest BCUT2D eigenvalue weighted by Gasteiger charge is -2.70. The van der Waals surface area contributed by atoms with Crippen LogP contribution in [0.1, 0.15) is 37.6 Å². The summed E-state index contributed by atoms with van der Waals surface area (Å²) in [5.41, 5.74) is 2.15. The first-order valence-corrected chi connectivity index (χ1v) is 11.6. The van der Waals surface area contributed by atoms with Crippen molar-refractivity contribution < 1.29 is 9.53 Å². The summed E-state index contributed by atoms with van der Waals surface area (Å²) < 4.78 is 6.64. The molecule has 0 bridgehead atoms. The second-order valence-electron chi connectivity index (χ2n) is 8.60. The van der Waals surface area contributed by atoms with Crippen molar-refractivity contribution in [2.24, 2.45) is 5.41 Å². The van der Waals surface area contributed by atoms with Crippen molar-refractivity contribution in [1.29, 1.82) is 0 Å². The standard InChI is InChI=1S/C23H28N2O2SSi/c1-21(2,3)22(17-10-6-4-7-11-17)16-25(20-24-19(14-26)15-28-20)23(22,27-29)18-12-8-5-9-13-18/h4-13,15,26H,14,16H2,1-3,29H3. The third kappa shape index (κ3) is 2.81. The lowest BCUT2D eigenvalue weighted by Crippen LogP contribution is -2.79. The first-order valence-electron chi connectivity index (χ1n) is 9.90. The molecule has 4 nitrogen and oxygen atoms in total. The number of hydrogen-bond acceptors (Lipinski definition) is 5. The van der Waals surface area contributed by atoms with E-state index in [9.17, 15) is 5.11 Å². The zero-order valence-corrected chi connectivity index (χ0v) is 20.2. The van der Waals surface area contributed by atoms with Gasteiger partial charge in [-0.3, -0.25) is 0 Å². The molecule has 3 aromatic rings. The van der Waals surface area contributed by atoms with Crippen LogP contribution in [0.4, 0.5) is 5.13 Å². The maximum absolute atomic E-state index is 9.54. The summed E-state index contributed by atoms with van der Waals surface area (Å²) in [6.07, 6.45) is 0. The number of anilines is 1. The van der Waals surface area contributed by atoms with Crippen LogP contribution in [-0.2, 0) is 22.2 Å². The molecule has 0 radical (unpaired) electrons. The zero-order valence-electron chi connectivity index (χ0n) is 17.4. The third-order valence-corrected chi connectivity index (χ3v) is 7.80. The van der Waals surface area contributed by atoms with E-state index in [1.807, 2.05) is 11.4 Å². The van der Waals surface area contributed by atoms with E-state index in [1.165, 1.54) is 5.56 Å². The Balaban J connectivity index is 1.98. The van der Waals surface area contributed by atoms with Gasteiger partial charge in [0.25, 0.3) is 0 Å². The molecule has 2 heterocycles. The van der Waals surface area contributed by atoms with E-state index in [1.54, 1.807) is 11.3 Å². The Bertz CT molecular complexity index is 973. The van der Waals surface area contributed by atoms with Crippen molar-refractivity contribution in [2.75, 3.05) is 11.4 Å². The van der Waals surface area contributed by atoms with Crippen LogP contribution in [0.5, 0.6) is 0 Å². The molecule has 2 unspecified atom stereocenters. The molecule has 0 amide bonds. The van der Waals surface area contributed by atoms with Crippen LogP contribution in [0.15, 0.2) is 66.0 Å². The molecule has 1 aliphatic heterocycles. The third-order valence-electron chi connectivity index (χ3n) is 6.29. The van der Waals surface area contributed by atoms with Gasteiger partial charge in [0.15, 0.2) is 10.9 Å². The van der Waals surface area contributed by atoms with Crippen molar-refractivity contribution in [1.82, 2.24) is 4.98 Å². The van der Waals surface area contributed by atoms with E-state index < -0.39 is 5.72 Å². The molecular weight excluding hydrogens is 396 g/mol. The summed E-state index contributed by atoms with van der Waals surface area (Å²) in [4.78, 5) is 6.98. The van der Waals surface area contributed by atoms with Crippen LogP contribution >= 0.6 is 11.3 Å². The van der Waals surface area contributed by atoms with Gasteiger partial charge in [0.1, 0.15) is 10.5 Å². The Morgan fingerprint density at radius 1 is 1.07 bits per heavy atom. The average molecular weight is 425 g/mol. The molecular formula is C23H28N2O2SSi. The molecule has 1 aromatic heterocycles. The minimum atomic E-state index is -0.648. The predicted molar refractivity (Wildman–Crippen MR) is 122 cm³/mol. The van der Waals surface area contributed by atoms with Crippen LogP contribution in [0.2, 0.25) is 0 Å². The van der Waals surface area contributed by atoms with Gasteiger partial charge in [0.05, 0.1) is 17.7 Å². The van der Waals surface area contributed by atoms with Gasteiger partial charge in [0.2, 0.25) is 0 Å². The number of benzene rings is 2. The van der Waals surface area contributed by atoms with Gasteiger partial charge in [-0.1, -0.05) is 81.4 Å². The van der Waals surface area contributed by atoms with E-state index in [0.717, 1.165) is 17.2 Å². The molecule has 0 saturated carbocycles. The molecule has 1 saturated heterocycles. The van der Waals surface area contributed by atoms with Gasteiger partial charge in [-0.2, -0.15) is 0 Å². The molecule has 6 heteroatoms. The van der Waals surface area contributed by atoms with E-state index in [2.05, 4.69) is 80.3 Å². The highest BCUT2D eigenvalue weighted by Gasteiger charge is 2.71. The summed E-state index contributed by atoms with van der Waals surface area (Å²) in [6.45, 7) is 7.66. The molecule has 2 atom stereocenters. The first kappa shape index (κ1) is 20.3. The van der Waals surface area contributed by atoms with E-state index in [4.69, 9.17) is 9.41 Å². The maximum Gasteiger partial charge on any atom is 0.188 e. The van der Waals surface area contributed by atoms with Gasteiger partial charge < -0.3 is 14.4 Å². The number of aliphatic hydroxyl groups excluding tert-OH is 1. The summed E-state index contributed by atoms with van der Waals surface area (Å²) in [5, 5.41) is 12.4. The fourth-order valence-corrected chi connectivity index (χ4v) is 6.61. The fraction of sp³-hybridized carbons (Fsp3) is 0.348. The number of hydrogen-bond donors (Lipinski definition) is 1. The number of aliphatic hydroxyl groups is 1. The van der Waals surface area contributed by atoms with E-state index in [0.29, 0.717) is 16.2 Å². The highest BCUT2D eigenvalue weighted by Crippen LogP contribution is 2.64. The quantitative estimate of drug-likeness (QED) is 0.636. The molecule has 152 valence electrons. The normalized spacial score (nSPS) is 24.5. The summed E-state index contributed by atoms with van der Waals surface area (Å²) in [7, 11) is 0.581. The molecule has 1 N–H and O–H groups in total. The SMILES string of the molecule is CC(C)(C)C1(c2ccccc2)CN(c2nc(CO)cs2)C1(O[SiH3])c1ccccc1. The van der Waals surface area contributed by atoms with E-state index in [-0.39, 0.29) is 17.4 Å². The molecule has 29 heavy (non-hydrogen) atoms. The molecule has 0 aliphatic carbocycles. The number of aromatic nitrogens is 1. The van der Waals surface area contributed by atoms with Crippen LogP contribution in [0.3, 0.4) is 0 Å². The Morgan fingerprint density at radius 3 is 2.14 bits per heavy atom. The van der Waals surface area contributed by atoms with Crippen molar-refractivity contribution in [3.63, 3.8) is 0 Å². The van der Waals surface area contributed by atoms with Crippen LogP contribution in [0, 0.1) is 5.41 Å². The van der Waals surface area contributed by atoms with Crippen LogP contribution in [-0.4, -0.2) is 27.1 Å². The first-order chi connectivity index (χ1) is 13.9. The lowest BCUT2D eigenvalue weighted by molar-refractivity contribution is -0.130. The minimum Gasteiger partial charge on any atom is -0.402 e. The van der Waals surface area contributed by atoms with Crippen molar-refractivity contribution in [3.8, 4) is 0 Å². The Morgan fingerprint density at radius 2 is 1.66 bits per heavy atom. The van der Waals surface area contributed by atoms with Gasteiger partial charge >= 0.3 is 0 Å². The topological polar surface area (TPSA) is 45.6 Å². The highest BCUT2D eigenvalue weighted by atomic mass is 32.1. The monoisotopic (exact) mass is 424 g/mol.